The molecule has 0 saturated heterocycles. The van der Waals surface area contributed by atoms with E-state index in [4.69, 9.17) is 14.6 Å². The van der Waals surface area contributed by atoms with Crippen LogP contribution < -0.4 is 0 Å². The molecule has 1 aromatic carbocycles. The minimum absolute atomic E-state index is 0.370. The molecule has 0 radical (unpaired) electrons. The van der Waals surface area contributed by atoms with Crippen LogP contribution in [0.1, 0.15) is 47.2 Å². The summed E-state index contributed by atoms with van der Waals surface area (Å²) in [5.74, 6) is -1.28. The molecule has 0 spiro atoms. The highest BCUT2D eigenvalue weighted by molar-refractivity contribution is 5.59. The summed E-state index contributed by atoms with van der Waals surface area (Å²) in [5, 5.41) is 9.01. The molecule has 0 aliphatic carbocycles. The smallest absolute Gasteiger partial charge is 0.450 e. The van der Waals surface area contributed by atoms with Crippen LogP contribution in [0, 0.1) is 34.6 Å². The molecule has 0 aromatic heterocycles. The van der Waals surface area contributed by atoms with Gasteiger partial charge in [-0.15, -0.1) is 0 Å². The molecule has 1 unspecified atom stereocenters. The van der Waals surface area contributed by atoms with Crippen LogP contribution in [0.3, 0.4) is 0 Å². The summed E-state index contributed by atoms with van der Waals surface area (Å²) in [7, 11) is 0. The maximum Gasteiger partial charge on any atom is 0.508 e. The Morgan fingerprint density at radius 1 is 1.00 bits per heavy atom. The summed E-state index contributed by atoms with van der Waals surface area (Å²) in [6.45, 7) is 14.0. The molecule has 0 amide bonds. The Bertz CT molecular complexity index is 505. The SMILES string of the molecule is CCOC(C)(OC(=O)O)c1c(C)c(C)c(C)c(C)c1C. The van der Waals surface area contributed by atoms with Crippen molar-refractivity contribution >= 4 is 6.16 Å². The van der Waals surface area contributed by atoms with Crippen LogP contribution in [0.2, 0.25) is 0 Å². The second-order valence-electron chi connectivity index (χ2n) is 5.25. The lowest BCUT2D eigenvalue weighted by Crippen LogP contribution is -2.34. The minimum atomic E-state index is -1.34. The third-order valence-electron chi connectivity index (χ3n) is 4.16. The number of benzene rings is 1. The molecule has 1 aromatic rings. The van der Waals surface area contributed by atoms with Crippen LogP contribution in [0.4, 0.5) is 4.79 Å². The van der Waals surface area contributed by atoms with E-state index in [-0.39, 0.29) is 0 Å². The van der Waals surface area contributed by atoms with Crippen molar-refractivity contribution in [2.24, 2.45) is 0 Å². The highest BCUT2D eigenvalue weighted by atomic mass is 16.8. The molecule has 112 valence electrons. The van der Waals surface area contributed by atoms with Gasteiger partial charge >= 0.3 is 6.16 Å². The van der Waals surface area contributed by atoms with Crippen LogP contribution in [-0.2, 0) is 15.3 Å². The first-order valence-corrected chi connectivity index (χ1v) is 6.79. The van der Waals surface area contributed by atoms with Gasteiger partial charge in [-0.05, 0) is 69.4 Å². The molecule has 0 bridgehead atoms. The van der Waals surface area contributed by atoms with Crippen LogP contribution in [-0.4, -0.2) is 17.9 Å². The summed E-state index contributed by atoms with van der Waals surface area (Å²) in [5.41, 5.74) is 6.34. The molecule has 4 nitrogen and oxygen atoms in total. The van der Waals surface area contributed by atoms with Gasteiger partial charge in [0.15, 0.2) is 0 Å². The van der Waals surface area contributed by atoms with E-state index in [9.17, 15) is 4.79 Å². The average Bonchev–Trinajstić information content (AvgIpc) is 2.33. The van der Waals surface area contributed by atoms with Gasteiger partial charge in [0, 0.05) is 19.1 Å². The summed E-state index contributed by atoms with van der Waals surface area (Å²) in [4.78, 5) is 11.0. The van der Waals surface area contributed by atoms with Gasteiger partial charge in [-0.25, -0.2) is 4.79 Å². The van der Waals surface area contributed by atoms with Crippen LogP contribution >= 0.6 is 0 Å². The zero-order valence-corrected chi connectivity index (χ0v) is 13.4. The van der Waals surface area contributed by atoms with E-state index in [0.29, 0.717) is 6.61 Å². The molecule has 0 heterocycles. The fourth-order valence-corrected chi connectivity index (χ4v) is 2.78. The number of hydrogen-bond donors (Lipinski definition) is 1. The second kappa shape index (κ2) is 5.83. The Hall–Kier alpha value is -1.55. The number of carboxylic acid groups (broad SMARTS) is 1. The maximum absolute atomic E-state index is 11.0. The van der Waals surface area contributed by atoms with E-state index in [1.165, 1.54) is 5.56 Å². The fraction of sp³-hybridized carbons (Fsp3) is 0.562. The predicted molar refractivity (Wildman–Crippen MR) is 78.2 cm³/mol. The number of carbonyl (C=O) groups is 1. The molecule has 1 atom stereocenters. The third kappa shape index (κ3) is 2.80. The van der Waals surface area contributed by atoms with Crippen molar-refractivity contribution in [3.8, 4) is 0 Å². The quantitative estimate of drug-likeness (QED) is 0.665. The first kappa shape index (κ1) is 16.5. The highest BCUT2D eigenvalue weighted by Crippen LogP contribution is 2.37. The lowest BCUT2D eigenvalue weighted by molar-refractivity contribution is -0.204. The van der Waals surface area contributed by atoms with E-state index in [1.54, 1.807) is 6.92 Å². The van der Waals surface area contributed by atoms with E-state index in [0.717, 1.165) is 27.8 Å². The molecular formula is C16H24O4. The topological polar surface area (TPSA) is 55.8 Å². The van der Waals surface area contributed by atoms with Crippen LogP contribution in [0.5, 0.6) is 0 Å². The molecule has 4 heteroatoms. The van der Waals surface area contributed by atoms with E-state index in [2.05, 4.69) is 6.92 Å². The Kier molecular flexibility index (Phi) is 4.81. The van der Waals surface area contributed by atoms with Gasteiger partial charge in [-0.3, -0.25) is 0 Å². The predicted octanol–water partition coefficient (Wildman–Crippen LogP) is 4.13. The maximum atomic E-state index is 11.0. The van der Waals surface area contributed by atoms with Crippen molar-refractivity contribution in [1.82, 2.24) is 0 Å². The van der Waals surface area contributed by atoms with Crippen molar-refractivity contribution in [2.75, 3.05) is 6.61 Å². The largest absolute Gasteiger partial charge is 0.508 e. The van der Waals surface area contributed by atoms with E-state index >= 15 is 0 Å². The zero-order chi connectivity index (χ0) is 15.7. The van der Waals surface area contributed by atoms with Gasteiger partial charge < -0.3 is 14.6 Å². The van der Waals surface area contributed by atoms with Gasteiger partial charge in [0.2, 0.25) is 5.79 Å². The van der Waals surface area contributed by atoms with Crippen molar-refractivity contribution in [2.45, 2.75) is 54.3 Å². The molecule has 0 aliphatic rings. The summed E-state index contributed by atoms with van der Waals surface area (Å²) >= 11 is 0. The third-order valence-corrected chi connectivity index (χ3v) is 4.16. The molecule has 20 heavy (non-hydrogen) atoms. The molecule has 0 saturated carbocycles. The fourth-order valence-electron chi connectivity index (χ4n) is 2.78. The minimum Gasteiger partial charge on any atom is -0.450 e. The van der Waals surface area contributed by atoms with Crippen molar-refractivity contribution in [1.29, 1.82) is 0 Å². The van der Waals surface area contributed by atoms with Gasteiger partial charge in [0.05, 0.1) is 0 Å². The molecule has 1 rings (SSSR count). The van der Waals surface area contributed by atoms with Gasteiger partial charge in [-0.2, -0.15) is 0 Å². The Labute approximate surface area is 120 Å². The summed E-state index contributed by atoms with van der Waals surface area (Å²) in [6, 6.07) is 0. The number of ether oxygens (including phenoxy) is 2. The van der Waals surface area contributed by atoms with Crippen LogP contribution in [0.15, 0.2) is 0 Å². The standard InChI is InChI=1S/C16H24O4/c1-8-19-16(7,20-15(17)18)14-12(5)10(3)9(2)11(4)13(14)6/h8H2,1-7H3,(H,17,18). The Balaban J connectivity index is 3.60. The molecular weight excluding hydrogens is 256 g/mol. The van der Waals surface area contributed by atoms with Gasteiger partial charge in [-0.1, -0.05) is 0 Å². The van der Waals surface area contributed by atoms with Crippen molar-refractivity contribution in [3.63, 3.8) is 0 Å². The first-order valence-electron chi connectivity index (χ1n) is 6.79. The number of hydrogen-bond acceptors (Lipinski definition) is 3. The lowest BCUT2D eigenvalue weighted by Gasteiger charge is -2.33. The molecule has 0 fully saturated rings. The van der Waals surface area contributed by atoms with Crippen LogP contribution in [0.25, 0.3) is 0 Å². The zero-order valence-electron chi connectivity index (χ0n) is 13.4. The summed E-state index contributed by atoms with van der Waals surface area (Å²) < 4.78 is 10.7. The normalized spacial score (nSPS) is 13.9. The molecule has 1 N–H and O–H groups in total. The summed E-state index contributed by atoms with van der Waals surface area (Å²) in [6.07, 6.45) is -1.34. The van der Waals surface area contributed by atoms with Gasteiger partial charge in [0.25, 0.3) is 0 Å². The van der Waals surface area contributed by atoms with E-state index in [1.807, 2.05) is 34.6 Å². The lowest BCUT2D eigenvalue weighted by atomic mass is 9.86. The van der Waals surface area contributed by atoms with Crippen molar-refractivity contribution in [3.05, 3.63) is 33.4 Å². The molecule has 0 aliphatic heterocycles. The Morgan fingerprint density at radius 2 is 1.40 bits per heavy atom. The van der Waals surface area contributed by atoms with E-state index < -0.39 is 11.9 Å². The monoisotopic (exact) mass is 280 g/mol. The average molecular weight is 280 g/mol. The second-order valence-corrected chi connectivity index (χ2v) is 5.25. The first-order chi connectivity index (χ1) is 9.15. The number of rotatable bonds is 4. The van der Waals surface area contributed by atoms with Gasteiger partial charge in [0.1, 0.15) is 0 Å². The Morgan fingerprint density at radius 3 is 1.75 bits per heavy atom. The highest BCUT2D eigenvalue weighted by Gasteiger charge is 2.36. The van der Waals surface area contributed by atoms with Crippen molar-refractivity contribution < 1.29 is 19.4 Å².